The van der Waals surface area contributed by atoms with Crippen molar-refractivity contribution >= 4 is 22.5 Å². The van der Waals surface area contributed by atoms with Crippen LogP contribution in [0.4, 0.5) is 0 Å². The summed E-state index contributed by atoms with van der Waals surface area (Å²) < 4.78 is 15.7. The van der Waals surface area contributed by atoms with E-state index in [4.69, 9.17) is 25.5 Å². The molecule has 3 aromatic rings. The zero-order valence-corrected chi connectivity index (χ0v) is 12.7. The summed E-state index contributed by atoms with van der Waals surface area (Å²) in [6, 6.07) is 10.2. The third kappa shape index (κ3) is 2.40. The molecule has 0 fully saturated rings. The van der Waals surface area contributed by atoms with Gasteiger partial charge in [-0.1, -0.05) is 23.7 Å². The van der Waals surface area contributed by atoms with Gasteiger partial charge in [0.1, 0.15) is 0 Å². The molecular weight excluding hydrogens is 306 g/mol. The fraction of sp³-hybridized carbons (Fsp3) is 0.125. The Hall–Kier alpha value is -2.53. The van der Waals surface area contributed by atoms with Crippen molar-refractivity contribution in [3.05, 3.63) is 51.8 Å². The number of ether oxygens (including phenoxy) is 2. The van der Waals surface area contributed by atoms with Crippen LogP contribution in [0.3, 0.4) is 0 Å². The Labute approximate surface area is 131 Å². The van der Waals surface area contributed by atoms with E-state index in [2.05, 4.69) is 4.98 Å². The summed E-state index contributed by atoms with van der Waals surface area (Å²) in [5.74, 6) is 1.09. The number of benzene rings is 2. The molecule has 0 aliphatic heterocycles. The lowest BCUT2D eigenvalue weighted by Gasteiger charge is -2.09. The Bertz CT molecular complexity index is 904. The number of halogens is 1. The van der Waals surface area contributed by atoms with Crippen molar-refractivity contribution < 1.29 is 13.9 Å². The van der Waals surface area contributed by atoms with E-state index in [1.165, 1.54) is 14.2 Å². The van der Waals surface area contributed by atoms with E-state index in [1.54, 1.807) is 36.4 Å². The van der Waals surface area contributed by atoms with Gasteiger partial charge in [0, 0.05) is 12.1 Å². The van der Waals surface area contributed by atoms with Gasteiger partial charge in [0.2, 0.25) is 5.89 Å². The van der Waals surface area contributed by atoms with Crippen LogP contribution in [-0.4, -0.2) is 19.2 Å². The zero-order valence-electron chi connectivity index (χ0n) is 11.9. The maximum Gasteiger partial charge on any atom is 0.347 e. The van der Waals surface area contributed by atoms with Crippen molar-refractivity contribution in [2.24, 2.45) is 0 Å². The Kier molecular flexibility index (Phi) is 3.73. The Balaban J connectivity index is 2.29. The SMILES string of the molecule is COc1cc2nc(-c3ccccc3Cl)oc(=O)c2cc1OC. The second-order valence-corrected chi connectivity index (χ2v) is 4.92. The zero-order chi connectivity index (χ0) is 15.7. The summed E-state index contributed by atoms with van der Waals surface area (Å²) in [6.45, 7) is 0. The molecule has 0 spiro atoms. The quantitative estimate of drug-likeness (QED) is 0.739. The summed E-state index contributed by atoms with van der Waals surface area (Å²) in [7, 11) is 3.01. The first-order valence-corrected chi connectivity index (χ1v) is 6.83. The van der Waals surface area contributed by atoms with Gasteiger partial charge in [0.15, 0.2) is 11.5 Å². The Morgan fingerprint density at radius 2 is 1.77 bits per heavy atom. The topological polar surface area (TPSA) is 61.6 Å². The minimum absolute atomic E-state index is 0.162. The van der Waals surface area contributed by atoms with Crippen LogP contribution in [0.1, 0.15) is 0 Å². The van der Waals surface area contributed by atoms with Crippen LogP contribution < -0.4 is 15.1 Å². The number of rotatable bonds is 3. The summed E-state index contributed by atoms with van der Waals surface area (Å²) in [6.07, 6.45) is 0. The fourth-order valence-corrected chi connectivity index (χ4v) is 2.37. The molecule has 0 radical (unpaired) electrons. The molecular formula is C16H12ClNO4. The van der Waals surface area contributed by atoms with Crippen molar-refractivity contribution in [1.29, 1.82) is 0 Å². The fourth-order valence-electron chi connectivity index (χ4n) is 2.15. The second-order valence-electron chi connectivity index (χ2n) is 4.51. The van der Waals surface area contributed by atoms with Crippen LogP contribution in [0.25, 0.3) is 22.4 Å². The average molecular weight is 318 g/mol. The van der Waals surface area contributed by atoms with E-state index in [9.17, 15) is 4.79 Å². The molecule has 112 valence electrons. The highest BCUT2D eigenvalue weighted by atomic mass is 35.5. The first-order chi connectivity index (χ1) is 10.6. The second kappa shape index (κ2) is 5.69. The molecule has 0 amide bonds. The van der Waals surface area contributed by atoms with Gasteiger partial charge in [-0.3, -0.25) is 0 Å². The molecule has 6 heteroatoms. The van der Waals surface area contributed by atoms with Crippen LogP contribution >= 0.6 is 11.6 Å². The highest BCUT2D eigenvalue weighted by Gasteiger charge is 2.14. The third-order valence-corrected chi connectivity index (χ3v) is 3.57. The number of fused-ring (bicyclic) bond motifs is 1. The maximum atomic E-state index is 12.2. The van der Waals surface area contributed by atoms with Crippen LogP contribution in [0, 0.1) is 0 Å². The number of aromatic nitrogens is 1. The number of methoxy groups -OCH3 is 2. The summed E-state index contributed by atoms with van der Waals surface area (Å²) in [5.41, 5.74) is 0.489. The predicted molar refractivity (Wildman–Crippen MR) is 83.8 cm³/mol. The molecule has 0 bridgehead atoms. The van der Waals surface area contributed by atoms with E-state index >= 15 is 0 Å². The van der Waals surface area contributed by atoms with Crippen LogP contribution in [0.5, 0.6) is 11.5 Å². The first kappa shape index (κ1) is 14.4. The van der Waals surface area contributed by atoms with Crippen molar-refractivity contribution in [3.63, 3.8) is 0 Å². The Morgan fingerprint density at radius 3 is 2.45 bits per heavy atom. The van der Waals surface area contributed by atoms with E-state index in [0.29, 0.717) is 33.0 Å². The molecule has 5 nitrogen and oxygen atoms in total. The average Bonchev–Trinajstić information content (AvgIpc) is 2.54. The third-order valence-electron chi connectivity index (χ3n) is 3.24. The molecule has 3 rings (SSSR count). The molecule has 0 N–H and O–H groups in total. The highest BCUT2D eigenvalue weighted by molar-refractivity contribution is 6.33. The van der Waals surface area contributed by atoms with Crippen LogP contribution in [0.15, 0.2) is 45.6 Å². The molecule has 0 saturated carbocycles. The molecule has 22 heavy (non-hydrogen) atoms. The smallest absolute Gasteiger partial charge is 0.347 e. The summed E-state index contributed by atoms with van der Waals surface area (Å²) >= 11 is 6.12. The first-order valence-electron chi connectivity index (χ1n) is 6.46. The number of hydrogen-bond acceptors (Lipinski definition) is 5. The standard InChI is InChI=1S/C16H12ClNO4/c1-20-13-7-10-12(8-14(13)21-2)18-15(22-16(10)19)9-5-3-4-6-11(9)17/h3-8H,1-2H3. The van der Waals surface area contributed by atoms with Gasteiger partial charge in [0.05, 0.1) is 35.7 Å². The van der Waals surface area contributed by atoms with Crippen LogP contribution in [-0.2, 0) is 0 Å². The van der Waals surface area contributed by atoms with Gasteiger partial charge >= 0.3 is 5.63 Å². The van der Waals surface area contributed by atoms with Gasteiger partial charge < -0.3 is 13.9 Å². The largest absolute Gasteiger partial charge is 0.493 e. The van der Waals surface area contributed by atoms with Gasteiger partial charge in [-0.15, -0.1) is 0 Å². The monoisotopic (exact) mass is 317 g/mol. The molecule has 1 heterocycles. The van der Waals surface area contributed by atoms with E-state index < -0.39 is 5.63 Å². The minimum Gasteiger partial charge on any atom is -0.493 e. The molecule has 0 aliphatic carbocycles. The molecule has 0 aliphatic rings. The molecule has 0 saturated heterocycles. The molecule has 0 atom stereocenters. The van der Waals surface area contributed by atoms with Gasteiger partial charge in [-0.2, -0.15) is 0 Å². The van der Waals surface area contributed by atoms with Gasteiger partial charge in [-0.05, 0) is 12.1 Å². The minimum atomic E-state index is -0.513. The van der Waals surface area contributed by atoms with Crippen molar-refractivity contribution in [1.82, 2.24) is 4.98 Å². The Morgan fingerprint density at radius 1 is 1.09 bits per heavy atom. The predicted octanol–water partition coefficient (Wildman–Crippen LogP) is 3.53. The lowest BCUT2D eigenvalue weighted by Crippen LogP contribution is -2.04. The summed E-state index contributed by atoms with van der Waals surface area (Å²) in [4.78, 5) is 16.6. The normalized spacial score (nSPS) is 10.7. The van der Waals surface area contributed by atoms with Crippen molar-refractivity contribution in [3.8, 4) is 23.0 Å². The van der Waals surface area contributed by atoms with E-state index in [-0.39, 0.29) is 5.89 Å². The van der Waals surface area contributed by atoms with Gasteiger partial charge in [0.25, 0.3) is 0 Å². The van der Waals surface area contributed by atoms with Crippen LogP contribution in [0.2, 0.25) is 5.02 Å². The number of nitrogens with zero attached hydrogens (tertiary/aromatic N) is 1. The maximum absolute atomic E-state index is 12.2. The number of hydrogen-bond donors (Lipinski definition) is 0. The lowest BCUT2D eigenvalue weighted by atomic mass is 10.2. The molecule has 1 aromatic heterocycles. The molecule has 2 aromatic carbocycles. The van der Waals surface area contributed by atoms with Crippen molar-refractivity contribution in [2.45, 2.75) is 0 Å². The van der Waals surface area contributed by atoms with Crippen molar-refractivity contribution in [2.75, 3.05) is 14.2 Å². The highest BCUT2D eigenvalue weighted by Crippen LogP contribution is 2.32. The van der Waals surface area contributed by atoms with E-state index in [1.807, 2.05) is 0 Å². The molecule has 0 unspecified atom stereocenters. The van der Waals surface area contributed by atoms with E-state index in [0.717, 1.165) is 0 Å². The lowest BCUT2D eigenvalue weighted by molar-refractivity contribution is 0.355. The summed E-state index contributed by atoms with van der Waals surface area (Å²) in [5, 5.41) is 0.770. The van der Waals surface area contributed by atoms with Gasteiger partial charge in [-0.25, -0.2) is 9.78 Å².